The van der Waals surface area contributed by atoms with Crippen molar-refractivity contribution in [1.82, 2.24) is 5.32 Å². The number of benzene rings is 3. The molecule has 0 radical (unpaired) electrons. The second kappa shape index (κ2) is 8.30. The molecular weight excluding hydrogens is 329 g/mol. The summed E-state index contributed by atoms with van der Waals surface area (Å²) in [5.74, 6) is -0.137. The zero-order valence-electron chi connectivity index (χ0n) is 14.5. The monoisotopic (exact) mass is 349 g/mol. The molecule has 0 saturated heterocycles. The molecule has 3 aromatic rings. The summed E-state index contributed by atoms with van der Waals surface area (Å²) in [6.45, 7) is 1.89. The second-order valence-electron chi connectivity index (χ2n) is 6.06. The topological polar surface area (TPSA) is 38.3 Å². The fourth-order valence-electron chi connectivity index (χ4n) is 2.65. The van der Waals surface area contributed by atoms with E-state index in [1.165, 1.54) is 24.3 Å². The van der Waals surface area contributed by atoms with Crippen LogP contribution in [0.3, 0.4) is 0 Å². The van der Waals surface area contributed by atoms with Gasteiger partial charge in [-0.25, -0.2) is 4.39 Å². The van der Waals surface area contributed by atoms with E-state index >= 15 is 0 Å². The van der Waals surface area contributed by atoms with Gasteiger partial charge in [0.1, 0.15) is 11.6 Å². The summed E-state index contributed by atoms with van der Waals surface area (Å²) in [6, 6.07) is 23.2. The number of carbonyl (C=O) groups excluding carboxylic acids is 1. The van der Waals surface area contributed by atoms with E-state index in [0.29, 0.717) is 5.75 Å². The predicted molar refractivity (Wildman–Crippen MR) is 99.5 cm³/mol. The van der Waals surface area contributed by atoms with Crippen LogP contribution in [0.15, 0.2) is 78.9 Å². The van der Waals surface area contributed by atoms with Gasteiger partial charge in [0, 0.05) is 0 Å². The fraction of sp³-hybridized carbons (Fsp3) is 0.136. The Kier molecular flexibility index (Phi) is 5.64. The number of nitrogens with one attached hydrogen (secondary N) is 1. The van der Waals surface area contributed by atoms with E-state index in [-0.39, 0.29) is 24.4 Å². The van der Waals surface area contributed by atoms with Gasteiger partial charge in [-0.05, 0) is 42.3 Å². The van der Waals surface area contributed by atoms with E-state index in [1.807, 2.05) is 61.5 Å². The molecule has 132 valence electrons. The van der Waals surface area contributed by atoms with Crippen LogP contribution in [0.5, 0.6) is 5.75 Å². The first-order chi connectivity index (χ1) is 12.6. The summed E-state index contributed by atoms with van der Waals surface area (Å²) >= 11 is 0. The normalized spacial score (nSPS) is 11.6. The van der Waals surface area contributed by atoms with Gasteiger partial charge in [-0.15, -0.1) is 0 Å². The number of amides is 1. The highest BCUT2D eigenvalue weighted by Gasteiger charge is 2.17. The number of halogens is 1. The zero-order valence-corrected chi connectivity index (χ0v) is 14.5. The molecule has 0 aliphatic rings. The Morgan fingerprint density at radius 2 is 1.54 bits per heavy atom. The summed E-state index contributed by atoms with van der Waals surface area (Å²) in [7, 11) is 0. The molecule has 3 nitrogen and oxygen atoms in total. The van der Waals surface area contributed by atoms with Crippen molar-refractivity contribution in [2.24, 2.45) is 0 Å². The predicted octanol–water partition coefficient (Wildman–Crippen LogP) is 4.42. The van der Waals surface area contributed by atoms with Gasteiger partial charge in [0.25, 0.3) is 5.91 Å². The summed E-state index contributed by atoms with van der Waals surface area (Å²) in [4.78, 5) is 12.4. The largest absolute Gasteiger partial charge is 0.484 e. The van der Waals surface area contributed by atoms with Crippen LogP contribution in [-0.4, -0.2) is 12.5 Å². The van der Waals surface area contributed by atoms with Gasteiger partial charge in [-0.2, -0.15) is 0 Å². The first-order valence-electron chi connectivity index (χ1n) is 8.41. The lowest BCUT2D eigenvalue weighted by atomic mass is 9.98. The Bertz CT molecular complexity index is 846. The third-order valence-electron chi connectivity index (χ3n) is 4.03. The average molecular weight is 349 g/mol. The van der Waals surface area contributed by atoms with Crippen LogP contribution in [0, 0.1) is 12.7 Å². The van der Waals surface area contributed by atoms with Crippen molar-refractivity contribution in [3.05, 3.63) is 101 Å². The first kappa shape index (κ1) is 17.7. The lowest BCUT2D eigenvalue weighted by Gasteiger charge is -2.20. The highest BCUT2D eigenvalue weighted by atomic mass is 19.1. The Morgan fingerprint density at radius 3 is 2.19 bits per heavy atom. The average Bonchev–Trinajstić information content (AvgIpc) is 2.67. The molecule has 1 amide bonds. The van der Waals surface area contributed by atoms with Crippen LogP contribution in [0.4, 0.5) is 4.39 Å². The van der Waals surface area contributed by atoms with Crippen molar-refractivity contribution in [3.63, 3.8) is 0 Å². The molecule has 3 aromatic carbocycles. The molecule has 3 rings (SSSR count). The maximum atomic E-state index is 12.9. The van der Waals surface area contributed by atoms with Gasteiger partial charge in [0.05, 0.1) is 6.04 Å². The number of hydrogen-bond donors (Lipinski definition) is 1. The highest BCUT2D eigenvalue weighted by molar-refractivity contribution is 5.78. The standard InChI is InChI=1S/C22H20FNO2/c1-16-7-9-18(10-8-16)22(17-5-3-2-4-6-17)24-21(25)15-26-20-13-11-19(23)12-14-20/h2-14,22H,15H2,1H3,(H,24,25). The lowest BCUT2D eigenvalue weighted by molar-refractivity contribution is -0.123. The SMILES string of the molecule is Cc1ccc(C(NC(=O)COc2ccc(F)cc2)c2ccccc2)cc1. The van der Waals surface area contributed by atoms with Crippen LogP contribution in [0.1, 0.15) is 22.7 Å². The van der Waals surface area contributed by atoms with Crippen LogP contribution in [0.25, 0.3) is 0 Å². The van der Waals surface area contributed by atoms with Crippen molar-refractivity contribution in [2.45, 2.75) is 13.0 Å². The summed E-state index contributed by atoms with van der Waals surface area (Å²) in [6.07, 6.45) is 0. The van der Waals surface area contributed by atoms with Crippen molar-refractivity contribution >= 4 is 5.91 Å². The highest BCUT2D eigenvalue weighted by Crippen LogP contribution is 2.22. The number of ether oxygens (including phenoxy) is 1. The molecule has 4 heteroatoms. The van der Waals surface area contributed by atoms with Gasteiger partial charge in [0.2, 0.25) is 0 Å². The van der Waals surface area contributed by atoms with Gasteiger partial charge in [0.15, 0.2) is 6.61 Å². The third-order valence-corrected chi connectivity index (χ3v) is 4.03. The van der Waals surface area contributed by atoms with Gasteiger partial charge in [-0.3, -0.25) is 4.79 Å². The maximum Gasteiger partial charge on any atom is 0.258 e. The fourth-order valence-corrected chi connectivity index (χ4v) is 2.65. The van der Waals surface area contributed by atoms with Crippen LogP contribution < -0.4 is 10.1 Å². The van der Waals surface area contributed by atoms with Crippen molar-refractivity contribution < 1.29 is 13.9 Å². The van der Waals surface area contributed by atoms with Gasteiger partial charge < -0.3 is 10.1 Å². The van der Waals surface area contributed by atoms with E-state index in [1.54, 1.807) is 0 Å². The first-order valence-corrected chi connectivity index (χ1v) is 8.41. The van der Waals surface area contributed by atoms with Crippen LogP contribution in [0.2, 0.25) is 0 Å². The molecule has 0 aliphatic heterocycles. The molecule has 1 unspecified atom stereocenters. The zero-order chi connectivity index (χ0) is 18.4. The Balaban J connectivity index is 1.71. The molecule has 0 aromatic heterocycles. The van der Waals surface area contributed by atoms with E-state index in [9.17, 15) is 9.18 Å². The molecule has 1 N–H and O–H groups in total. The van der Waals surface area contributed by atoms with Crippen molar-refractivity contribution in [3.8, 4) is 5.75 Å². The molecule has 0 saturated carbocycles. The van der Waals surface area contributed by atoms with Crippen LogP contribution >= 0.6 is 0 Å². The molecule has 0 fully saturated rings. The number of aryl methyl sites for hydroxylation is 1. The summed E-state index contributed by atoms with van der Waals surface area (Å²) < 4.78 is 18.4. The Hall–Kier alpha value is -3.14. The van der Waals surface area contributed by atoms with Crippen LogP contribution in [-0.2, 0) is 4.79 Å². The quantitative estimate of drug-likeness (QED) is 0.715. The number of carbonyl (C=O) groups is 1. The summed E-state index contributed by atoms with van der Waals surface area (Å²) in [5, 5.41) is 3.01. The Morgan fingerprint density at radius 1 is 0.923 bits per heavy atom. The molecule has 0 heterocycles. The molecule has 0 aliphatic carbocycles. The van der Waals surface area contributed by atoms with Crippen molar-refractivity contribution in [2.75, 3.05) is 6.61 Å². The van der Waals surface area contributed by atoms with Gasteiger partial charge >= 0.3 is 0 Å². The van der Waals surface area contributed by atoms with E-state index in [2.05, 4.69) is 5.32 Å². The van der Waals surface area contributed by atoms with E-state index in [0.717, 1.165) is 16.7 Å². The minimum atomic E-state index is -0.342. The number of rotatable bonds is 6. The minimum Gasteiger partial charge on any atom is -0.484 e. The minimum absolute atomic E-state index is 0.138. The van der Waals surface area contributed by atoms with Gasteiger partial charge in [-0.1, -0.05) is 60.2 Å². The van der Waals surface area contributed by atoms with Crippen molar-refractivity contribution in [1.29, 1.82) is 0 Å². The van der Waals surface area contributed by atoms with E-state index in [4.69, 9.17) is 4.74 Å². The summed E-state index contributed by atoms with van der Waals surface area (Å²) in [5.41, 5.74) is 3.15. The molecule has 26 heavy (non-hydrogen) atoms. The smallest absolute Gasteiger partial charge is 0.258 e. The molecular formula is C22H20FNO2. The number of hydrogen-bond acceptors (Lipinski definition) is 2. The molecule has 0 bridgehead atoms. The lowest BCUT2D eigenvalue weighted by Crippen LogP contribution is -2.33. The molecule has 1 atom stereocenters. The third kappa shape index (κ3) is 4.70. The maximum absolute atomic E-state index is 12.9. The van der Waals surface area contributed by atoms with E-state index < -0.39 is 0 Å². The second-order valence-corrected chi connectivity index (χ2v) is 6.06. The Labute approximate surface area is 152 Å². The molecule has 0 spiro atoms.